The number of aromatic nitrogens is 3. The Kier molecular flexibility index (Phi) is 10.9. The van der Waals surface area contributed by atoms with Gasteiger partial charge in [0.15, 0.2) is 0 Å². The molecule has 0 bridgehead atoms. The molecule has 0 radical (unpaired) electrons. The number of alkyl carbamates (subject to hydrolysis) is 1. The predicted octanol–water partition coefficient (Wildman–Crippen LogP) is 6.49. The molecule has 1 N–H and O–H groups in total. The molecule has 0 aliphatic carbocycles. The molecular weight excluding hydrogens is 605 g/mol. The maximum Gasteiger partial charge on any atom is 0.534 e. The van der Waals surface area contributed by atoms with Gasteiger partial charge >= 0.3 is 21.7 Å². The van der Waals surface area contributed by atoms with Crippen molar-refractivity contribution in [1.29, 1.82) is 0 Å². The van der Waals surface area contributed by atoms with Gasteiger partial charge in [0.25, 0.3) is 0 Å². The van der Waals surface area contributed by atoms with Crippen molar-refractivity contribution in [3.8, 4) is 17.0 Å². The number of halogens is 3. The first-order valence-corrected chi connectivity index (χ1v) is 19.0. The number of carbonyl (C=O) groups is 1. The van der Waals surface area contributed by atoms with E-state index < -0.39 is 41.1 Å². The monoisotopic (exact) mass is 644 g/mol. The smallest absolute Gasteiger partial charge is 0.444 e. The van der Waals surface area contributed by atoms with Crippen molar-refractivity contribution in [3.63, 3.8) is 0 Å². The van der Waals surface area contributed by atoms with Gasteiger partial charge in [-0.2, -0.15) is 21.6 Å². The van der Waals surface area contributed by atoms with Gasteiger partial charge in [-0.15, -0.1) is 0 Å². The van der Waals surface area contributed by atoms with E-state index in [2.05, 4.69) is 39.1 Å². The van der Waals surface area contributed by atoms with E-state index in [9.17, 15) is 26.4 Å². The summed E-state index contributed by atoms with van der Waals surface area (Å²) in [5.41, 5.74) is -4.41. The molecule has 3 aromatic rings. The Hall–Kier alpha value is -3.17. The maximum absolute atomic E-state index is 12.7. The molecule has 2 heterocycles. The summed E-state index contributed by atoms with van der Waals surface area (Å²) in [7, 11) is -7.10. The van der Waals surface area contributed by atoms with Crippen molar-refractivity contribution in [2.24, 2.45) is 0 Å². The zero-order valence-electron chi connectivity index (χ0n) is 25.2. The Morgan fingerprint density at radius 3 is 2.42 bits per heavy atom. The summed E-state index contributed by atoms with van der Waals surface area (Å²) in [6.45, 7) is 13.5. The minimum atomic E-state index is -5.79. The number of hydrogen-bond acceptors (Lipinski definition) is 8. The van der Waals surface area contributed by atoms with Gasteiger partial charge in [-0.25, -0.2) is 9.78 Å². The Bertz CT molecular complexity index is 1520. The number of fused-ring (bicyclic) bond motifs is 1. The van der Waals surface area contributed by atoms with Gasteiger partial charge in [0.05, 0.1) is 17.4 Å². The van der Waals surface area contributed by atoms with Crippen molar-refractivity contribution < 1.29 is 40.0 Å². The Morgan fingerprint density at radius 1 is 1.05 bits per heavy atom. The normalized spacial score (nSPS) is 12.9. The minimum Gasteiger partial charge on any atom is -0.444 e. The van der Waals surface area contributed by atoms with E-state index in [0.29, 0.717) is 36.9 Å². The highest BCUT2D eigenvalue weighted by atomic mass is 32.2. The molecule has 43 heavy (non-hydrogen) atoms. The number of carbonyl (C=O) groups excluding carboxylic acids is 1. The highest BCUT2D eigenvalue weighted by molar-refractivity contribution is 7.88. The lowest BCUT2D eigenvalue weighted by molar-refractivity contribution is -0.0500. The fraction of sp³-hybridized carbons (Fsp3) is 0.536. The van der Waals surface area contributed by atoms with Crippen LogP contribution in [-0.2, 0) is 32.7 Å². The van der Waals surface area contributed by atoms with Crippen LogP contribution in [-0.4, -0.2) is 61.4 Å². The van der Waals surface area contributed by atoms with Gasteiger partial charge in [-0.3, -0.25) is 4.98 Å². The number of benzene rings is 1. The summed E-state index contributed by atoms with van der Waals surface area (Å²) >= 11 is 0. The van der Waals surface area contributed by atoms with Crippen LogP contribution in [0.1, 0.15) is 39.4 Å². The average molecular weight is 645 g/mol. The van der Waals surface area contributed by atoms with E-state index in [1.165, 1.54) is 12.3 Å². The van der Waals surface area contributed by atoms with Gasteiger partial charge < -0.3 is 23.5 Å². The summed E-state index contributed by atoms with van der Waals surface area (Å²) in [5, 5.41) is 3.32. The molecule has 0 saturated carbocycles. The highest BCUT2D eigenvalue weighted by Crippen LogP contribution is 2.30. The number of aryl methyl sites for hydroxylation is 1. The fourth-order valence-corrected chi connectivity index (χ4v) is 5.11. The number of ether oxygens (including phenoxy) is 2. The van der Waals surface area contributed by atoms with E-state index in [4.69, 9.17) is 9.47 Å². The molecule has 1 amide bonds. The van der Waals surface area contributed by atoms with Gasteiger partial charge in [-0.1, -0.05) is 19.6 Å². The number of imidazole rings is 1. The van der Waals surface area contributed by atoms with E-state index in [1.54, 1.807) is 33.0 Å². The van der Waals surface area contributed by atoms with Crippen LogP contribution in [0.15, 0.2) is 36.7 Å². The second kappa shape index (κ2) is 13.6. The number of unbranched alkanes of at least 4 members (excludes halogenated alkanes) is 1. The second-order valence-corrected chi connectivity index (χ2v) is 19.4. The van der Waals surface area contributed by atoms with Crippen molar-refractivity contribution >= 4 is 35.2 Å². The lowest BCUT2D eigenvalue weighted by Crippen LogP contribution is -2.33. The molecule has 0 unspecified atom stereocenters. The summed E-state index contributed by atoms with van der Waals surface area (Å²) in [4.78, 5) is 20.8. The molecule has 0 fully saturated rings. The number of alkyl halides is 3. The van der Waals surface area contributed by atoms with Crippen molar-refractivity contribution in [1.82, 2.24) is 19.9 Å². The first-order chi connectivity index (χ1) is 19.8. The topological polar surface area (TPSA) is 122 Å². The van der Waals surface area contributed by atoms with Crippen LogP contribution in [0.4, 0.5) is 18.0 Å². The van der Waals surface area contributed by atoms with Crippen LogP contribution >= 0.6 is 0 Å². The largest absolute Gasteiger partial charge is 0.534 e. The third kappa shape index (κ3) is 10.5. The second-order valence-electron chi connectivity index (χ2n) is 12.3. The first-order valence-electron chi connectivity index (χ1n) is 13.8. The molecule has 0 aliphatic heterocycles. The molecule has 0 saturated heterocycles. The predicted molar refractivity (Wildman–Crippen MR) is 160 cm³/mol. The van der Waals surface area contributed by atoms with Gasteiger partial charge in [0.2, 0.25) is 0 Å². The Balaban J connectivity index is 1.77. The van der Waals surface area contributed by atoms with Crippen molar-refractivity contribution in [2.45, 2.75) is 83.6 Å². The van der Waals surface area contributed by atoms with Gasteiger partial charge in [-0.05, 0) is 57.9 Å². The Morgan fingerprint density at radius 2 is 1.77 bits per heavy atom. The highest BCUT2D eigenvalue weighted by Gasteiger charge is 2.48. The molecule has 1 aromatic carbocycles. The van der Waals surface area contributed by atoms with Crippen molar-refractivity contribution in [3.05, 3.63) is 42.5 Å². The third-order valence-corrected chi connectivity index (χ3v) is 8.77. The third-order valence-electron chi connectivity index (χ3n) is 6.09. The maximum atomic E-state index is 12.7. The van der Waals surface area contributed by atoms with Crippen LogP contribution < -0.4 is 9.50 Å². The van der Waals surface area contributed by atoms with E-state index >= 15 is 0 Å². The average Bonchev–Trinajstić information content (AvgIpc) is 3.26. The number of pyridine rings is 1. The van der Waals surface area contributed by atoms with Gasteiger partial charge in [0.1, 0.15) is 23.9 Å². The molecule has 2 aromatic heterocycles. The lowest BCUT2D eigenvalue weighted by Gasteiger charge is -2.19. The quantitative estimate of drug-likeness (QED) is 0.0971. The molecule has 10 nitrogen and oxygen atoms in total. The van der Waals surface area contributed by atoms with Crippen LogP contribution in [0.2, 0.25) is 25.7 Å². The lowest BCUT2D eigenvalue weighted by atomic mass is 10.1. The molecule has 0 aliphatic rings. The summed E-state index contributed by atoms with van der Waals surface area (Å²) < 4.78 is 78.4. The molecule has 0 spiro atoms. The van der Waals surface area contributed by atoms with Crippen LogP contribution in [0.5, 0.6) is 5.75 Å². The van der Waals surface area contributed by atoms with Crippen LogP contribution in [0.25, 0.3) is 22.2 Å². The van der Waals surface area contributed by atoms with E-state index in [0.717, 1.165) is 36.1 Å². The number of hydrogen-bond donors (Lipinski definition) is 1. The Labute approximate surface area is 251 Å². The van der Waals surface area contributed by atoms with Gasteiger partial charge in [0, 0.05) is 50.9 Å². The SMILES string of the molecule is CC(C)(C)OC(=O)NCCCCc1ncc(-c2cnc3cc(OS(=O)(=O)C(F)(F)F)ccc3c2)n1COCC[Si](C)(C)C. The summed E-state index contributed by atoms with van der Waals surface area (Å²) in [6.07, 6.45) is 4.88. The van der Waals surface area contributed by atoms with E-state index in [1.807, 2.05) is 4.57 Å². The first kappa shape index (κ1) is 34.3. The zero-order chi connectivity index (χ0) is 32.1. The minimum absolute atomic E-state index is 0.258. The number of nitrogens with one attached hydrogen (secondary N) is 1. The molecule has 238 valence electrons. The van der Waals surface area contributed by atoms with Crippen molar-refractivity contribution in [2.75, 3.05) is 13.2 Å². The molecular formula is C28H39F3N4O6SSi. The summed E-state index contributed by atoms with van der Waals surface area (Å²) in [5.74, 6) is 0.302. The summed E-state index contributed by atoms with van der Waals surface area (Å²) in [6, 6.07) is 6.50. The standard InChI is InChI=1S/C28H39F3N4O6SSi/c1-27(2,3)40-26(36)32-12-8-7-9-25-34-18-24(35(25)19-39-13-14-43(4,5)6)21-15-20-10-11-22(16-23(20)33-17-21)41-42(37,38)28(29,30)31/h10-11,15-18H,7-9,12-14,19H2,1-6H3,(H,32,36). The van der Waals surface area contributed by atoms with Crippen LogP contribution in [0, 0.1) is 0 Å². The molecule has 3 rings (SSSR count). The number of nitrogens with zero attached hydrogens (tertiary/aromatic N) is 3. The molecule has 0 atom stereocenters. The van der Waals surface area contributed by atoms with E-state index in [-0.39, 0.29) is 12.2 Å². The zero-order valence-corrected chi connectivity index (χ0v) is 27.1. The fourth-order valence-electron chi connectivity index (χ4n) is 3.90. The van der Waals surface area contributed by atoms with Crippen LogP contribution in [0.3, 0.4) is 0 Å². The molecule has 15 heteroatoms. The number of rotatable bonds is 13. The number of amides is 1.